The lowest BCUT2D eigenvalue weighted by molar-refractivity contribution is 0.134. The number of fused-ring (bicyclic) bond motifs is 1. The van der Waals surface area contributed by atoms with E-state index in [1.807, 2.05) is 24.3 Å². The Morgan fingerprint density at radius 2 is 1.68 bits per heavy atom. The van der Waals surface area contributed by atoms with Gasteiger partial charge in [-0.2, -0.15) is 0 Å². The molecular formula is C17H23NO. The molecule has 0 saturated carbocycles. The van der Waals surface area contributed by atoms with Crippen molar-refractivity contribution in [2.24, 2.45) is 11.1 Å². The number of aliphatic hydroxyl groups excluding tert-OH is 1. The Morgan fingerprint density at radius 3 is 2.37 bits per heavy atom. The van der Waals surface area contributed by atoms with Crippen molar-refractivity contribution in [2.75, 3.05) is 0 Å². The molecule has 2 atom stereocenters. The van der Waals surface area contributed by atoms with E-state index in [9.17, 15) is 5.11 Å². The highest BCUT2D eigenvalue weighted by molar-refractivity contribution is 5.85. The standard InChI is InChI=1S/C17H23NO/c1-17(2,3)16(18)11-15(19)14-10-6-8-12-7-4-5-9-13(12)14/h4-10,15-16,19H,11,18H2,1-3H3/t15-,16-/m1/s1. The maximum Gasteiger partial charge on any atom is 0.0811 e. The molecular weight excluding hydrogens is 234 g/mol. The molecule has 2 nitrogen and oxygen atoms in total. The Labute approximate surface area is 115 Å². The van der Waals surface area contributed by atoms with Crippen molar-refractivity contribution >= 4 is 10.8 Å². The molecule has 2 aromatic carbocycles. The molecule has 3 N–H and O–H groups in total. The molecule has 0 aliphatic rings. The minimum atomic E-state index is -0.514. The van der Waals surface area contributed by atoms with E-state index >= 15 is 0 Å². The third-order valence-corrected chi connectivity index (χ3v) is 3.77. The van der Waals surface area contributed by atoms with Gasteiger partial charge in [0.1, 0.15) is 0 Å². The third kappa shape index (κ3) is 3.14. The largest absolute Gasteiger partial charge is 0.388 e. The van der Waals surface area contributed by atoms with E-state index in [1.165, 1.54) is 0 Å². The first-order chi connectivity index (χ1) is 8.89. The summed E-state index contributed by atoms with van der Waals surface area (Å²) < 4.78 is 0. The van der Waals surface area contributed by atoms with Crippen LogP contribution in [-0.4, -0.2) is 11.1 Å². The molecule has 2 aromatic rings. The van der Waals surface area contributed by atoms with Gasteiger partial charge in [-0.05, 0) is 28.2 Å². The molecule has 0 aliphatic heterocycles. The van der Waals surface area contributed by atoms with Crippen LogP contribution in [-0.2, 0) is 0 Å². The van der Waals surface area contributed by atoms with Crippen molar-refractivity contribution in [1.82, 2.24) is 0 Å². The van der Waals surface area contributed by atoms with Gasteiger partial charge in [-0.15, -0.1) is 0 Å². The maximum atomic E-state index is 10.5. The lowest BCUT2D eigenvalue weighted by Crippen LogP contribution is -2.36. The SMILES string of the molecule is CC(C)(C)[C@H](N)C[C@@H](O)c1cccc2ccccc12. The van der Waals surface area contributed by atoms with Gasteiger partial charge in [0.15, 0.2) is 0 Å². The minimum Gasteiger partial charge on any atom is -0.388 e. The lowest BCUT2D eigenvalue weighted by Gasteiger charge is -2.29. The topological polar surface area (TPSA) is 46.2 Å². The molecule has 0 amide bonds. The van der Waals surface area contributed by atoms with Crippen LogP contribution in [0.2, 0.25) is 0 Å². The summed E-state index contributed by atoms with van der Waals surface area (Å²) in [5.74, 6) is 0. The monoisotopic (exact) mass is 257 g/mol. The van der Waals surface area contributed by atoms with Gasteiger partial charge in [-0.1, -0.05) is 63.2 Å². The van der Waals surface area contributed by atoms with Gasteiger partial charge in [-0.3, -0.25) is 0 Å². The highest BCUT2D eigenvalue weighted by Crippen LogP contribution is 2.30. The summed E-state index contributed by atoms with van der Waals surface area (Å²) >= 11 is 0. The molecule has 0 bridgehead atoms. The molecule has 19 heavy (non-hydrogen) atoms. The summed E-state index contributed by atoms with van der Waals surface area (Å²) in [6, 6.07) is 14.1. The molecule has 0 saturated heterocycles. The van der Waals surface area contributed by atoms with E-state index < -0.39 is 6.10 Å². The molecule has 2 heteroatoms. The van der Waals surface area contributed by atoms with Crippen molar-refractivity contribution in [2.45, 2.75) is 39.3 Å². The average Bonchev–Trinajstić information content (AvgIpc) is 2.36. The van der Waals surface area contributed by atoms with Gasteiger partial charge in [0.2, 0.25) is 0 Å². The van der Waals surface area contributed by atoms with E-state index in [4.69, 9.17) is 5.73 Å². The molecule has 2 rings (SSSR count). The Bertz CT molecular complexity index is 551. The number of hydrogen-bond acceptors (Lipinski definition) is 2. The van der Waals surface area contributed by atoms with Crippen LogP contribution in [0.1, 0.15) is 38.9 Å². The van der Waals surface area contributed by atoms with Crippen LogP contribution in [0.4, 0.5) is 0 Å². The van der Waals surface area contributed by atoms with E-state index in [1.54, 1.807) is 0 Å². The Morgan fingerprint density at radius 1 is 1.05 bits per heavy atom. The van der Waals surface area contributed by atoms with Crippen molar-refractivity contribution in [3.63, 3.8) is 0 Å². The average molecular weight is 257 g/mol. The van der Waals surface area contributed by atoms with E-state index in [0.717, 1.165) is 16.3 Å². The second kappa shape index (κ2) is 5.32. The number of benzene rings is 2. The Balaban J connectivity index is 2.29. The fourth-order valence-corrected chi connectivity index (χ4v) is 2.26. The molecule has 102 valence electrons. The van der Waals surface area contributed by atoms with Gasteiger partial charge in [0.05, 0.1) is 6.10 Å². The van der Waals surface area contributed by atoms with Crippen LogP contribution in [0.25, 0.3) is 10.8 Å². The first-order valence-electron chi connectivity index (χ1n) is 6.81. The Kier molecular flexibility index (Phi) is 3.93. The summed E-state index contributed by atoms with van der Waals surface area (Å²) in [5, 5.41) is 12.7. The van der Waals surface area contributed by atoms with Crippen LogP contribution in [0.3, 0.4) is 0 Å². The fourth-order valence-electron chi connectivity index (χ4n) is 2.26. The summed E-state index contributed by atoms with van der Waals surface area (Å²) in [7, 11) is 0. The van der Waals surface area contributed by atoms with Gasteiger partial charge in [-0.25, -0.2) is 0 Å². The minimum absolute atomic E-state index is 0.00552. The second-order valence-corrected chi connectivity index (χ2v) is 6.29. The van der Waals surface area contributed by atoms with Crippen molar-refractivity contribution in [3.05, 3.63) is 48.0 Å². The highest BCUT2D eigenvalue weighted by Gasteiger charge is 2.24. The smallest absolute Gasteiger partial charge is 0.0811 e. The first-order valence-corrected chi connectivity index (χ1v) is 6.81. The lowest BCUT2D eigenvalue weighted by atomic mass is 9.82. The number of aliphatic hydroxyl groups is 1. The fraction of sp³-hybridized carbons (Fsp3) is 0.412. The third-order valence-electron chi connectivity index (χ3n) is 3.77. The zero-order valence-electron chi connectivity index (χ0n) is 11.9. The summed E-state index contributed by atoms with van der Waals surface area (Å²) in [5.41, 5.74) is 7.15. The molecule has 0 radical (unpaired) electrons. The first kappa shape index (κ1) is 14.0. The molecule has 0 spiro atoms. The molecule has 0 heterocycles. The zero-order valence-corrected chi connectivity index (χ0v) is 11.9. The van der Waals surface area contributed by atoms with E-state index in [2.05, 4.69) is 39.0 Å². The van der Waals surface area contributed by atoms with Gasteiger partial charge in [0, 0.05) is 6.04 Å². The van der Waals surface area contributed by atoms with Gasteiger partial charge in [0.25, 0.3) is 0 Å². The summed E-state index contributed by atoms with van der Waals surface area (Å²) in [4.78, 5) is 0. The number of nitrogens with two attached hydrogens (primary N) is 1. The van der Waals surface area contributed by atoms with Crippen molar-refractivity contribution in [3.8, 4) is 0 Å². The normalized spacial score (nSPS) is 15.4. The van der Waals surface area contributed by atoms with Crippen molar-refractivity contribution in [1.29, 1.82) is 0 Å². The van der Waals surface area contributed by atoms with Crippen molar-refractivity contribution < 1.29 is 5.11 Å². The molecule has 0 aliphatic carbocycles. The zero-order chi connectivity index (χ0) is 14.0. The van der Waals surface area contributed by atoms with Crippen LogP contribution in [0.5, 0.6) is 0 Å². The predicted molar refractivity (Wildman–Crippen MR) is 81.0 cm³/mol. The van der Waals surface area contributed by atoms with E-state index in [-0.39, 0.29) is 11.5 Å². The summed E-state index contributed by atoms with van der Waals surface area (Å²) in [6.07, 6.45) is 0.0673. The number of rotatable bonds is 3. The van der Waals surface area contributed by atoms with Crippen LogP contribution < -0.4 is 5.73 Å². The second-order valence-electron chi connectivity index (χ2n) is 6.29. The van der Waals surface area contributed by atoms with E-state index in [0.29, 0.717) is 6.42 Å². The molecule has 0 fully saturated rings. The molecule has 0 unspecified atom stereocenters. The highest BCUT2D eigenvalue weighted by atomic mass is 16.3. The van der Waals surface area contributed by atoms with Crippen LogP contribution >= 0.6 is 0 Å². The number of hydrogen-bond donors (Lipinski definition) is 2. The predicted octanol–water partition coefficient (Wildman–Crippen LogP) is 3.64. The maximum absolute atomic E-state index is 10.5. The van der Waals surface area contributed by atoms with Gasteiger partial charge < -0.3 is 10.8 Å². The summed E-state index contributed by atoms with van der Waals surface area (Å²) in [6.45, 7) is 6.31. The Hall–Kier alpha value is -1.38. The van der Waals surface area contributed by atoms with Crippen LogP contribution in [0.15, 0.2) is 42.5 Å². The van der Waals surface area contributed by atoms with Crippen LogP contribution in [0, 0.1) is 5.41 Å². The quantitative estimate of drug-likeness (QED) is 0.882. The van der Waals surface area contributed by atoms with Gasteiger partial charge >= 0.3 is 0 Å². The molecule has 0 aromatic heterocycles.